The monoisotopic (exact) mass is 232 g/mol. The van der Waals surface area contributed by atoms with Gasteiger partial charge in [-0.1, -0.05) is 13.8 Å². The maximum atomic E-state index is 11.0. The minimum Gasteiger partial charge on any atom is -0.479 e. The fourth-order valence-electron chi connectivity index (χ4n) is 1.23. The van der Waals surface area contributed by atoms with Crippen molar-refractivity contribution in [2.24, 2.45) is 0 Å². The Labute approximate surface area is 97.9 Å². The zero-order valence-corrected chi connectivity index (χ0v) is 11.0. The average molecular weight is 232 g/mol. The van der Waals surface area contributed by atoms with Gasteiger partial charge in [-0.05, 0) is 33.1 Å². The highest BCUT2D eigenvalue weighted by Crippen LogP contribution is 2.22. The van der Waals surface area contributed by atoms with Gasteiger partial charge in [0.05, 0.1) is 12.2 Å². The Hall–Kier alpha value is -0.610. The van der Waals surface area contributed by atoms with E-state index >= 15 is 0 Å². The molecule has 0 aliphatic heterocycles. The summed E-state index contributed by atoms with van der Waals surface area (Å²) in [6, 6.07) is 0. The molecule has 0 aromatic rings. The van der Waals surface area contributed by atoms with E-state index in [1.54, 1.807) is 14.0 Å². The maximum Gasteiger partial charge on any atom is 0.335 e. The standard InChI is InChI=1S/C12H24O4/c1-6-11(3,15-5)8-9-16-12(4,7-2)10(13)14/h6-9H2,1-5H3,(H,13,14). The summed E-state index contributed by atoms with van der Waals surface area (Å²) in [5.41, 5.74) is -1.31. The Morgan fingerprint density at radius 3 is 2.12 bits per heavy atom. The highest BCUT2D eigenvalue weighted by atomic mass is 16.5. The Morgan fingerprint density at radius 2 is 1.81 bits per heavy atom. The Morgan fingerprint density at radius 1 is 1.25 bits per heavy atom. The van der Waals surface area contributed by atoms with Gasteiger partial charge in [-0.3, -0.25) is 0 Å². The molecule has 16 heavy (non-hydrogen) atoms. The van der Waals surface area contributed by atoms with Crippen LogP contribution in [0.25, 0.3) is 0 Å². The number of carboxylic acids is 1. The third-order valence-electron chi connectivity index (χ3n) is 3.42. The van der Waals surface area contributed by atoms with E-state index in [0.717, 1.165) is 6.42 Å². The van der Waals surface area contributed by atoms with Crippen LogP contribution in [-0.4, -0.2) is 36.0 Å². The molecule has 0 aromatic heterocycles. The van der Waals surface area contributed by atoms with Crippen molar-refractivity contribution in [1.29, 1.82) is 0 Å². The molecule has 0 saturated carbocycles. The van der Waals surface area contributed by atoms with E-state index in [4.69, 9.17) is 14.6 Å². The number of hydrogen-bond acceptors (Lipinski definition) is 3. The van der Waals surface area contributed by atoms with Crippen LogP contribution in [0.15, 0.2) is 0 Å². The molecule has 0 aliphatic rings. The summed E-state index contributed by atoms with van der Waals surface area (Å²) in [6.45, 7) is 7.85. The number of aliphatic carboxylic acids is 1. The van der Waals surface area contributed by atoms with Crippen LogP contribution in [0.4, 0.5) is 0 Å². The largest absolute Gasteiger partial charge is 0.479 e. The van der Waals surface area contributed by atoms with Crippen LogP contribution < -0.4 is 0 Å². The lowest BCUT2D eigenvalue weighted by atomic mass is 9.99. The zero-order chi connectivity index (χ0) is 12.8. The minimum atomic E-state index is -1.08. The fraction of sp³-hybridized carbons (Fsp3) is 0.917. The molecule has 4 nitrogen and oxygen atoms in total. The number of carbonyl (C=O) groups is 1. The minimum absolute atomic E-state index is 0.229. The molecule has 0 bridgehead atoms. The molecule has 0 aliphatic carbocycles. The number of carboxylic acid groups (broad SMARTS) is 1. The van der Waals surface area contributed by atoms with Gasteiger partial charge in [0.2, 0.25) is 0 Å². The van der Waals surface area contributed by atoms with Crippen LogP contribution in [0, 0.1) is 0 Å². The second-order valence-corrected chi connectivity index (χ2v) is 4.50. The van der Waals surface area contributed by atoms with Gasteiger partial charge in [-0.25, -0.2) is 4.79 Å². The number of methoxy groups -OCH3 is 1. The third-order valence-corrected chi connectivity index (χ3v) is 3.42. The fourth-order valence-corrected chi connectivity index (χ4v) is 1.23. The van der Waals surface area contributed by atoms with E-state index in [-0.39, 0.29) is 5.60 Å². The van der Waals surface area contributed by atoms with E-state index in [1.807, 2.05) is 20.8 Å². The molecule has 0 saturated heterocycles. The van der Waals surface area contributed by atoms with Crippen LogP contribution in [0.1, 0.15) is 47.0 Å². The van der Waals surface area contributed by atoms with Gasteiger partial charge in [0.25, 0.3) is 0 Å². The van der Waals surface area contributed by atoms with E-state index in [0.29, 0.717) is 19.4 Å². The summed E-state index contributed by atoms with van der Waals surface area (Å²) >= 11 is 0. The van der Waals surface area contributed by atoms with Crippen LogP contribution in [0.5, 0.6) is 0 Å². The summed E-state index contributed by atoms with van der Waals surface area (Å²) in [5.74, 6) is -0.911. The third kappa shape index (κ3) is 4.10. The van der Waals surface area contributed by atoms with Crippen molar-refractivity contribution in [3.8, 4) is 0 Å². The van der Waals surface area contributed by atoms with Crippen LogP contribution in [0.3, 0.4) is 0 Å². The molecular weight excluding hydrogens is 208 g/mol. The molecule has 2 atom stereocenters. The molecule has 0 heterocycles. The van der Waals surface area contributed by atoms with Crippen molar-refractivity contribution < 1.29 is 19.4 Å². The smallest absolute Gasteiger partial charge is 0.335 e. The molecule has 1 N–H and O–H groups in total. The molecule has 0 aromatic carbocycles. The van der Waals surface area contributed by atoms with Gasteiger partial charge in [0, 0.05) is 7.11 Å². The molecule has 0 rings (SSSR count). The molecule has 2 unspecified atom stereocenters. The molecule has 0 radical (unpaired) electrons. The Bertz CT molecular complexity index is 223. The van der Waals surface area contributed by atoms with E-state index in [1.165, 1.54) is 0 Å². The lowest BCUT2D eigenvalue weighted by Gasteiger charge is -2.29. The van der Waals surface area contributed by atoms with Crippen LogP contribution in [-0.2, 0) is 14.3 Å². The van der Waals surface area contributed by atoms with E-state index in [9.17, 15) is 4.79 Å². The highest BCUT2D eigenvalue weighted by Gasteiger charge is 2.33. The molecular formula is C12H24O4. The Kier molecular flexibility index (Phi) is 5.97. The van der Waals surface area contributed by atoms with Gasteiger partial charge >= 0.3 is 5.97 Å². The van der Waals surface area contributed by atoms with Crippen molar-refractivity contribution in [3.05, 3.63) is 0 Å². The first-order valence-corrected chi connectivity index (χ1v) is 5.76. The van der Waals surface area contributed by atoms with Crippen LogP contribution in [0.2, 0.25) is 0 Å². The normalized spacial score (nSPS) is 18.8. The molecule has 96 valence electrons. The lowest BCUT2D eigenvalue weighted by Crippen LogP contribution is -2.39. The van der Waals surface area contributed by atoms with E-state index in [2.05, 4.69) is 0 Å². The second kappa shape index (κ2) is 6.21. The van der Waals surface area contributed by atoms with Crippen molar-refractivity contribution in [2.45, 2.75) is 58.2 Å². The van der Waals surface area contributed by atoms with Crippen molar-refractivity contribution in [3.63, 3.8) is 0 Å². The molecule has 4 heteroatoms. The summed E-state index contributed by atoms with van der Waals surface area (Å²) in [5, 5.41) is 9.02. The number of rotatable bonds is 8. The quantitative estimate of drug-likeness (QED) is 0.698. The first-order chi connectivity index (χ1) is 7.33. The number of hydrogen-bond donors (Lipinski definition) is 1. The van der Waals surface area contributed by atoms with Crippen LogP contribution >= 0.6 is 0 Å². The summed E-state index contributed by atoms with van der Waals surface area (Å²) in [6.07, 6.45) is 2.03. The average Bonchev–Trinajstić information content (AvgIpc) is 2.28. The van der Waals surface area contributed by atoms with Gasteiger partial charge in [0.15, 0.2) is 5.60 Å². The number of ether oxygens (including phenoxy) is 2. The summed E-state index contributed by atoms with van der Waals surface area (Å²) < 4.78 is 10.8. The van der Waals surface area contributed by atoms with Gasteiger partial charge in [-0.15, -0.1) is 0 Å². The van der Waals surface area contributed by atoms with Gasteiger partial charge in [0.1, 0.15) is 0 Å². The summed E-state index contributed by atoms with van der Waals surface area (Å²) in [7, 11) is 1.67. The highest BCUT2D eigenvalue weighted by molar-refractivity contribution is 5.76. The molecule has 0 spiro atoms. The van der Waals surface area contributed by atoms with Gasteiger partial charge in [-0.2, -0.15) is 0 Å². The molecule has 0 fully saturated rings. The van der Waals surface area contributed by atoms with Gasteiger partial charge < -0.3 is 14.6 Å². The van der Waals surface area contributed by atoms with Crippen molar-refractivity contribution >= 4 is 5.97 Å². The predicted octanol–water partition coefficient (Wildman–Crippen LogP) is 2.46. The van der Waals surface area contributed by atoms with Crippen molar-refractivity contribution in [1.82, 2.24) is 0 Å². The second-order valence-electron chi connectivity index (χ2n) is 4.50. The maximum absolute atomic E-state index is 11.0. The zero-order valence-electron chi connectivity index (χ0n) is 11.0. The Balaban J connectivity index is 4.20. The summed E-state index contributed by atoms with van der Waals surface area (Å²) in [4.78, 5) is 11.0. The topological polar surface area (TPSA) is 55.8 Å². The lowest BCUT2D eigenvalue weighted by molar-refractivity contribution is -0.166. The SMILES string of the molecule is CCC(C)(CCOC(C)(CC)C(=O)O)OC. The molecule has 0 amide bonds. The predicted molar refractivity (Wildman–Crippen MR) is 62.6 cm³/mol. The van der Waals surface area contributed by atoms with Crippen molar-refractivity contribution in [2.75, 3.05) is 13.7 Å². The first kappa shape index (κ1) is 15.4. The first-order valence-electron chi connectivity index (χ1n) is 5.76. The van der Waals surface area contributed by atoms with E-state index < -0.39 is 11.6 Å².